The Kier molecular flexibility index (Phi) is 6.54. The minimum atomic E-state index is 1.11. The molecule has 2 heterocycles. The van der Waals surface area contributed by atoms with Gasteiger partial charge in [0.1, 0.15) is 0 Å². The Morgan fingerprint density at radius 3 is 2.43 bits per heavy atom. The monoisotopic (exact) mass is 323 g/mol. The van der Waals surface area contributed by atoms with E-state index >= 15 is 0 Å². The summed E-state index contributed by atoms with van der Waals surface area (Å²) in [5, 5.41) is 3.82. The van der Waals surface area contributed by atoms with E-state index < -0.39 is 0 Å². The summed E-state index contributed by atoms with van der Waals surface area (Å²) >= 11 is 1.85. The van der Waals surface area contributed by atoms with Gasteiger partial charge in [0, 0.05) is 15.3 Å². The molecule has 2 heteroatoms. The Morgan fingerprint density at radius 2 is 1.65 bits per heavy atom. The molecule has 0 amide bonds. The quantitative estimate of drug-likeness (QED) is 0.568. The second kappa shape index (κ2) is 8.64. The molecule has 3 aromatic rings. The highest BCUT2D eigenvalue weighted by Gasteiger charge is 1.94. The van der Waals surface area contributed by atoms with Crippen LogP contribution in [0.5, 0.6) is 0 Å². The lowest BCUT2D eigenvalue weighted by atomic mass is 10.1. The fraction of sp³-hybridized carbons (Fsp3) is 0.286. The van der Waals surface area contributed by atoms with Gasteiger partial charge in [-0.25, -0.2) is 0 Å². The van der Waals surface area contributed by atoms with Crippen molar-refractivity contribution in [3.8, 4) is 0 Å². The van der Waals surface area contributed by atoms with E-state index in [4.69, 9.17) is 0 Å². The van der Waals surface area contributed by atoms with Crippen molar-refractivity contribution >= 4 is 33.6 Å². The Balaban J connectivity index is 0.000000152. The van der Waals surface area contributed by atoms with Gasteiger partial charge in [-0.2, -0.15) is 0 Å². The lowest BCUT2D eigenvalue weighted by Gasteiger charge is -1.98. The molecule has 1 aliphatic rings. The first kappa shape index (κ1) is 17.4. The molecule has 0 aliphatic heterocycles. The first-order valence-corrected chi connectivity index (χ1v) is 9.13. The van der Waals surface area contributed by atoms with Crippen LogP contribution in [0.25, 0.3) is 22.2 Å². The first-order valence-electron chi connectivity index (χ1n) is 8.31. The van der Waals surface area contributed by atoms with Gasteiger partial charge < -0.3 is 0 Å². The van der Waals surface area contributed by atoms with Gasteiger partial charge >= 0.3 is 0 Å². The van der Waals surface area contributed by atoms with E-state index in [1.54, 1.807) is 0 Å². The lowest BCUT2D eigenvalue weighted by molar-refractivity contribution is 1.05. The molecule has 0 atom stereocenters. The molecule has 0 spiro atoms. The highest BCUT2D eigenvalue weighted by molar-refractivity contribution is 7.19. The Hall–Kier alpha value is -1.93. The van der Waals surface area contributed by atoms with Crippen LogP contribution in [0.15, 0.2) is 42.5 Å². The molecule has 120 valence electrons. The third kappa shape index (κ3) is 4.77. The van der Waals surface area contributed by atoms with Crippen LogP contribution in [-0.2, 0) is 0 Å². The van der Waals surface area contributed by atoms with Crippen molar-refractivity contribution in [3.63, 3.8) is 0 Å². The molecule has 1 aromatic carbocycles. The number of aryl methyl sites for hydroxylation is 2. The zero-order chi connectivity index (χ0) is 16.7. The minimum Gasteiger partial charge on any atom is -0.253 e. The van der Waals surface area contributed by atoms with Crippen LogP contribution < -0.4 is 10.6 Å². The third-order valence-electron chi connectivity index (χ3n) is 3.51. The largest absolute Gasteiger partial charge is 0.253 e. The smallest absolute Gasteiger partial charge is 0.0662 e. The van der Waals surface area contributed by atoms with Crippen LogP contribution in [0.4, 0.5) is 0 Å². The number of pyridine rings is 1. The molecule has 0 saturated carbocycles. The number of benzene rings is 1. The standard InChI is InChI=1S/C10H11N.C9H8S.C2H6/c1-8-6-7-9-4-2-3-5-10(9)11-8;1-7-6-8-4-2-3-5-9(8)10-7;1-2/h4-7H,2-3H2,1H3;2-6H,1H3;1-2H3. The average Bonchev–Trinajstić information content (AvgIpc) is 2.97. The molecule has 0 fully saturated rings. The third-order valence-corrected chi connectivity index (χ3v) is 4.55. The van der Waals surface area contributed by atoms with Gasteiger partial charge in [-0.1, -0.05) is 50.3 Å². The lowest BCUT2D eigenvalue weighted by Crippen LogP contribution is -2.30. The predicted molar refractivity (Wildman–Crippen MR) is 104 cm³/mol. The molecule has 0 saturated heterocycles. The highest BCUT2D eigenvalue weighted by atomic mass is 32.1. The number of thiophene rings is 1. The van der Waals surface area contributed by atoms with Crippen molar-refractivity contribution in [1.82, 2.24) is 4.98 Å². The van der Waals surface area contributed by atoms with Crippen LogP contribution in [0.3, 0.4) is 0 Å². The SMILES string of the molecule is CC.Cc1cc2ccccc2s1.Cc1ccc2c(n1)=CCCC=2. The number of nitrogens with zero attached hydrogens (tertiary/aromatic N) is 1. The number of aromatic nitrogens is 1. The van der Waals surface area contributed by atoms with Gasteiger partial charge in [0.05, 0.1) is 5.35 Å². The van der Waals surface area contributed by atoms with Gasteiger partial charge in [0.2, 0.25) is 0 Å². The van der Waals surface area contributed by atoms with Crippen LogP contribution in [0.2, 0.25) is 0 Å². The highest BCUT2D eigenvalue weighted by Crippen LogP contribution is 2.23. The summed E-state index contributed by atoms with van der Waals surface area (Å²) in [6.45, 7) is 8.17. The summed E-state index contributed by atoms with van der Waals surface area (Å²) in [7, 11) is 0. The second-order valence-corrected chi connectivity index (χ2v) is 6.60. The Labute approximate surface area is 143 Å². The maximum absolute atomic E-state index is 4.43. The summed E-state index contributed by atoms with van der Waals surface area (Å²) in [6.07, 6.45) is 6.77. The fourth-order valence-corrected chi connectivity index (χ4v) is 3.42. The summed E-state index contributed by atoms with van der Waals surface area (Å²) in [5.41, 5.74) is 1.11. The van der Waals surface area contributed by atoms with Gasteiger partial charge in [0.15, 0.2) is 0 Å². The molecule has 0 radical (unpaired) electrons. The van der Waals surface area contributed by atoms with Crippen molar-refractivity contribution in [3.05, 3.63) is 63.6 Å². The fourth-order valence-electron chi connectivity index (χ4n) is 2.50. The number of fused-ring (bicyclic) bond motifs is 2. The molecule has 23 heavy (non-hydrogen) atoms. The summed E-state index contributed by atoms with van der Waals surface area (Å²) in [4.78, 5) is 5.82. The normalized spacial score (nSPS) is 11.8. The average molecular weight is 324 g/mol. The molecule has 0 unspecified atom stereocenters. The van der Waals surface area contributed by atoms with E-state index in [9.17, 15) is 0 Å². The molecular formula is C21H25NS. The second-order valence-electron chi connectivity index (χ2n) is 5.31. The Bertz CT molecular complexity index is 841. The molecular weight excluding hydrogens is 298 g/mol. The van der Waals surface area contributed by atoms with Gasteiger partial charge in [-0.05, 0) is 55.5 Å². The van der Waals surface area contributed by atoms with E-state index in [1.807, 2.05) is 32.1 Å². The predicted octanol–water partition coefficient (Wildman–Crippen LogP) is 4.98. The van der Waals surface area contributed by atoms with E-state index in [-0.39, 0.29) is 0 Å². The van der Waals surface area contributed by atoms with E-state index in [0.29, 0.717) is 0 Å². The molecule has 2 aromatic heterocycles. The van der Waals surface area contributed by atoms with E-state index in [2.05, 4.69) is 66.5 Å². The summed E-state index contributed by atoms with van der Waals surface area (Å²) in [5.74, 6) is 0. The van der Waals surface area contributed by atoms with Crippen LogP contribution in [0, 0.1) is 13.8 Å². The maximum Gasteiger partial charge on any atom is 0.0662 e. The van der Waals surface area contributed by atoms with E-state index in [1.165, 1.54) is 20.2 Å². The van der Waals surface area contributed by atoms with Gasteiger partial charge in [-0.3, -0.25) is 4.98 Å². The van der Waals surface area contributed by atoms with Crippen LogP contribution in [-0.4, -0.2) is 4.98 Å². The topological polar surface area (TPSA) is 12.9 Å². The van der Waals surface area contributed by atoms with Crippen molar-refractivity contribution in [2.24, 2.45) is 0 Å². The van der Waals surface area contributed by atoms with Crippen molar-refractivity contribution in [2.75, 3.05) is 0 Å². The van der Waals surface area contributed by atoms with Crippen molar-refractivity contribution in [2.45, 2.75) is 40.5 Å². The van der Waals surface area contributed by atoms with Gasteiger partial charge in [0.25, 0.3) is 0 Å². The number of hydrogen-bond acceptors (Lipinski definition) is 2. The van der Waals surface area contributed by atoms with Crippen molar-refractivity contribution in [1.29, 1.82) is 0 Å². The zero-order valence-corrected chi connectivity index (χ0v) is 15.3. The Morgan fingerprint density at radius 1 is 0.913 bits per heavy atom. The van der Waals surface area contributed by atoms with Crippen molar-refractivity contribution < 1.29 is 0 Å². The maximum atomic E-state index is 4.43. The summed E-state index contributed by atoms with van der Waals surface area (Å²) in [6, 6.07) is 14.9. The zero-order valence-electron chi connectivity index (χ0n) is 14.5. The minimum absolute atomic E-state index is 1.11. The molecule has 1 nitrogen and oxygen atoms in total. The molecule has 0 bridgehead atoms. The van der Waals surface area contributed by atoms with Crippen LogP contribution in [0.1, 0.15) is 37.3 Å². The number of rotatable bonds is 0. The molecule has 0 N–H and O–H groups in total. The number of hydrogen-bond donors (Lipinski definition) is 0. The summed E-state index contributed by atoms with van der Waals surface area (Å²) < 4.78 is 1.39. The first-order chi connectivity index (χ1) is 11.2. The van der Waals surface area contributed by atoms with Crippen LogP contribution >= 0.6 is 11.3 Å². The van der Waals surface area contributed by atoms with Gasteiger partial charge in [-0.15, -0.1) is 11.3 Å². The molecule has 1 aliphatic carbocycles. The van der Waals surface area contributed by atoms with E-state index in [0.717, 1.165) is 23.9 Å². The molecule has 4 rings (SSSR count).